The lowest BCUT2D eigenvalue weighted by atomic mass is 9.97. The van der Waals surface area contributed by atoms with Gasteiger partial charge >= 0.3 is 0 Å². The molecule has 0 radical (unpaired) electrons. The Labute approximate surface area is 144 Å². The third-order valence-electron chi connectivity index (χ3n) is 5.11. The summed E-state index contributed by atoms with van der Waals surface area (Å²) >= 11 is 0. The maximum absolute atomic E-state index is 12.9. The van der Waals surface area contributed by atoms with E-state index in [1.54, 1.807) is 7.11 Å². The molecule has 0 bridgehead atoms. The van der Waals surface area contributed by atoms with Crippen molar-refractivity contribution in [3.05, 3.63) is 29.8 Å². The van der Waals surface area contributed by atoms with Gasteiger partial charge in [-0.2, -0.15) is 0 Å². The summed E-state index contributed by atoms with van der Waals surface area (Å²) in [5.74, 6) is 0.943. The summed E-state index contributed by atoms with van der Waals surface area (Å²) in [6.45, 7) is 5.62. The number of ether oxygens (including phenoxy) is 2. The zero-order valence-electron chi connectivity index (χ0n) is 14.6. The standard InChI is InChI=1S/C19H28N2O3/c1-23-18-7-5-16(6-8-18)19(22)21-10-3-2-4-17(21)9-11-20-12-14-24-15-13-20/h5-8,17H,2-4,9-15H2,1H3/t17-/m0/s1. The number of carbonyl (C=O) groups is 1. The minimum Gasteiger partial charge on any atom is -0.497 e. The van der Waals surface area contributed by atoms with Crippen LogP contribution in [0.25, 0.3) is 0 Å². The molecule has 2 aliphatic heterocycles. The molecule has 1 aromatic rings. The van der Waals surface area contributed by atoms with E-state index in [1.807, 2.05) is 24.3 Å². The van der Waals surface area contributed by atoms with Gasteiger partial charge < -0.3 is 14.4 Å². The normalized spacial score (nSPS) is 22.4. The molecule has 5 nitrogen and oxygen atoms in total. The molecule has 1 aromatic carbocycles. The number of methoxy groups -OCH3 is 1. The largest absolute Gasteiger partial charge is 0.497 e. The molecule has 0 unspecified atom stereocenters. The van der Waals surface area contributed by atoms with Gasteiger partial charge in [0.1, 0.15) is 5.75 Å². The quantitative estimate of drug-likeness (QED) is 0.830. The van der Waals surface area contributed by atoms with Crippen molar-refractivity contribution in [3.63, 3.8) is 0 Å². The lowest BCUT2D eigenvalue weighted by Crippen LogP contribution is -2.46. The number of carbonyl (C=O) groups excluding carboxylic acids is 1. The molecule has 3 rings (SSSR count). The van der Waals surface area contributed by atoms with Gasteiger partial charge in [0.25, 0.3) is 5.91 Å². The molecule has 0 aromatic heterocycles. The number of rotatable bonds is 5. The van der Waals surface area contributed by atoms with Gasteiger partial charge in [0, 0.05) is 37.8 Å². The van der Waals surface area contributed by atoms with Crippen molar-refractivity contribution in [2.45, 2.75) is 31.7 Å². The van der Waals surface area contributed by atoms with Crippen molar-refractivity contribution in [2.75, 3.05) is 46.5 Å². The predicted molar refractivity (Wildman–Crippen MR) is 93.5 cm³/mol. The van der Waals surface area contributed by atoms with Crippen LogP contribution in [0.15, 0.2) is 24.3 Å². The summed E-state index contributed by atoms with van der Waals surface area (Å²) in [4.78, 5) is 17.5. The minimum absolute atomic E-state index is 0.157. The Kier molecular flexibility index (Phi) is 6.10. The van der Waals surface area contributed by atoms with Crippen molar-refractivity contribution in [3.8, 4) is 5.75 Å². The molecule has 2 aliphatic rings. The molecule has 24 heavy (non-hydrogen) atoms. The third-order valence-corrected chi connectivity index (χ3v) is 5.11. The molecule has 2 fully saturated rings. The SMILES string of the molecule is COc1ccc(C(=O)N2CCCC[C@H]2CCN2CCOCC2)cc1. The molecule has 0 spiro atoms. The van der Waals surface area contributed by atoms with Crippen molar-refractivity contribution < 1.29 is 14.3 Å². The highest BCUT2D eigenvalue weighted by atomic mass is 16.5. The molecule has 0 aliphatic carbocycles. The van der Waals surface area contributed by atoms with Crippen LogP contribution in [0.4, 0.5) is 0 Å². The molecule has 1 amide bonds. The second-order valence-corrected chi connectivity index (χ2v) is 6.62. The average Bonchev–Trinajstić information content (AvgIpc) is 2.67. The van der Waals surface area contributed by atoms with Gasteiger partial charge in [0.2, 0.25) is 0 Å². The Morgan fingerprint density at radius 1 is 1.17 bits per heavy atom. The van der Waals surface area contributed by atoms with Gasteiger partial charge in [-0.15, -0.1) is 0 Å². The van der Waals surface area contributed by atoms with E-state index in [0.29, 0.717) is 6.04 Å². The molecular formula is C19H28N2O3. The maximum Gasteiger partial charge on any atom is 0.254 e. The van der Waals surface area contributed by atoms with Crippen molar-refractivity contribution in [2.24, 2.45) is 0 Å². The minimum atomic E-state index is 0.157. The van der Waals surface area contributed by atoms with Crippen LogP contribution in [0.5, 0.6) is 5.75 Å². The van der Waals surface area contributed by atoms with Crippen LogP contribution in [0.3, 0.4) is 0 Å². The van der Waals surface area contributed by atoms with Crippen LogP contribution in [0.2, 0.25) is 0 Å². The third kappa shape index (κ3) is 4.28. The molecule has 2 heterocycles. The highest BCUT2D eigenvalue weighted by molar-refractivity contribution is 5.94. The van der Waals surface area contributed by atoms with Crippen LogP contribution in [-0.4, -0.2) is 68.3 Å². The smallest absolute Gasteiger partial charge is 0.254 e. The van der Waals surface area contributed by atoms with Gasteiger partial charge in [0.05, 0.1) is 20.3 Å². The fourth-order valence-corrected chi connectivity index (χ4v) is 3.62. The Bertz CT molecular complexity index is 526. The number of hydrogen-bond acceptors (Lipinski definition) is 4. The number of benzene rings is 1. The number of morpholine rings is 1. The number of likely N-dealkylation sites (tertiary alicyclic amines) is 1. The Balaban J connectivity index is 1.60. The topological polar surface area (TPSA) is 42.0 Å². The summed E-state index contributed by atoms with van der Waals surface area (Å²) < 4.78 is 10.6. The fraction of sp³-hybridized carbons (Fsp3) is 0.632. The molecular weight excluding hydrogens is 304 g/mol. The lowest BCUT2D eigenvalue weighted by Gasteiger charge is -2.37. The van der Waals surface area contributed by atoms with E-state index in [-0.39, 0.29) is 5.91 Å². The van der Waals surface area contributed by atoms with E-state index in [1.165, 1.54) is 6.42 Å². The average molecular weight is 332 g/mol. The van der Waals surface area contributed by atoms with E-state index in [2.05, 4.69) is 9.80 Å². The fourth-order valence-electron chi connectivity index (χ4n) is 3.62. The van der Waals surface area contributed by atoms with Gasteiger partial charge in [-0.05, 0) is 49.9 Å². The molecule has 132 valence electrons. The first-order valence-corrected chi connectivity index (χ1v) is 9.03. The Morgan fingerprint density at radius 3 is 2.62 bits per heavy atom. The van der Waals surface area contributed by atoms with Gasteiger partial charge in [-0.25, -0.2) is 0 Å². The molecule has 5 heteroatoms. The molecule has 2 saturated heterocycles. The summed E-state index contributed by atoms with van der Waals surface area (Å²) in [6.07, 6.45) is 4.50. The molecule has 0 N–H and O–H groups in total. The highest BCUT2D eigenvalue weighted by Crippen LogP contribution is 2.23. The van der Waals surface area contributed by atoms with Gasteiger partial charge in [-0.1, -0.05) is 0 Å². The molecule has 0 saturated carbocycles. The summed E-state index contributed by atoms with van der Waals surface area (Å²) in [5.41, 5.74) is 0.758. The van der Waals surface area contributed by atoms with E-state index >= 15 is 0 Å². The second-order valence-electron chi connectivity index (χ2n) is 6.62. The molecule has 1 atom stereocenters. The van der Waals surface area contributed by atoms with Crippen molar-refractivity contribution in [1.82, 2.24) is 9.80 Å². The zero-order valence-corrected chi connectivity index (χ0v) is 14.6. The van der Waals surface area contributed by atoms with Gasteiger partial charge in [-0.3, -0.25) is 9.69 Å². The first-order valence-electron chi connectivity index (χ1n) is 9.03. The number of nitrogens with zero attached hydrogens (tertiary/aromatic N) is 2. The highest BCUT2D eigenvalue weighted by Gasteiger charge is 2.28. The maximum atomic E-state index is 12.9. The second kappa shape index (κ2) is 8.49. The van der Waals surface area contributed by atoms with Crippen LogP contribution >= 0.6 is 0 Å². The van der Waals surface area contributed by atoms with Crippen molar-refractivity contribution in [1.29, 1.82) is 0 Å². The summed E-state index contributed by atoms with van der Waals surface area (Å²) in [5, 5.41) is 0. The predicted octanol–water partition coefficient (Wildman–Crippen LogP) is 2.41. The van der Waals surface area contributed by atoms with E-state index in [9.17, 15) is 4.79 Å². The van der Waals surface area contributed by atoms with Crippen molar-refractivity contribution >= 4 is 5.91 Å². The van der Waals surface area contributed by atoms with Crippen LogP contribution < -0.4 is 4.74 Å². The lowest BCUT2D eigenvalue weighted by molar-refractivity contribution is 0.0295. The van der Waals surface area contributed by atoms with Crippen LogP contribution in [0, 0.1) is 0 Å². The number of amides is 1. The summed E-state index contributed by atoms with van der Waals surface area (Å²) in [6, 6.07) is 7.82. The summed E-state index contributed by atoms with van der Waals surface area (Å²) in [7, 11) is 1.64. The number of piperidine rings is 1. The first kappa shape index (κ1) is 17.2. The zero-order chi connectivity index (χ0) is 16.8. The Morgan fingerprint density at radius 2 is 1.92 bits per heavy atom. The first-order chi connectivity index (χ1) is 11.8. The van der Waals surface area contributed by atoms with E-state index in [0.717, 1.165) is 70.0 Å². The van der Waals surface area contributed by atoms with Crippen LogP contribution in [-0.2, 0) is 4.74 Å². The Hall–Kier alpha value is -1.59. The van der Waals surface area contributed by atoms with Crippen LogP contribution in [0.1, 0.15) is 36.0 Å². The monoisotopic (exact) mass is 332 g/mol. The van der Waals surface area contributed by atoms with Gasteiger partial charge in [0.15, 0.2) is 0 Å². The number of hydrogen-bond donors (Lipinski definition) is 0. The van der Waals surface area contributed by atoms with E-state index in [4.69, 9.17) is 9.47 Å². The van der Waals surface area contributed by atoms with E-state index < -0.39 is 0 Å².